The molecule has 4 heteroatoms. The van der Waals surface area contributed by atoms with Crippen LogP contribution in [0.25, 0.3) is 0 Å². The molecule has 0 aromatic rings. The van der Waals surface area contributed by atoms with Gasteiger partial charge in [0.05, 0.1) is 11.5 Å². The van der Waals surface area contributed by atoms with Crippen molar-refractivity contribution in [2.45, 2.75) is 64.0 Å². The SMILES string of the molecule is CCCCC(CCC)C(=O)OC1CC12CNCCN2. The number of ether oxygens (including phenoxy) is 1. The molecule has 0 aromatic heterocycles. The molecule has 1 saturated heterocycles. The van der Waals surface area contributed by atoms with Gasteiger partial charge in [0.2, 0.25) is 0 Å². The minimum Gasteiger partial charge on any atom is -0.460 e. The molecule has 0 radical (unpaired) electrons. The fraction of sp³-hybridized carbons (Fsp3) is 0.933. The van der Waals surface area contributed by atoms with E-state index < -0.39 is 0 Å². The van der Waals surface area contributed by atoms with E-state index in [1.54, 1.807) is 0 Å². The smallest absolute Gasteiger partial charge is 0.309 e. The molecule has 1 saturated carbocycles. The Labute approximate surface area is 116 Å². The van der Waals surface area contributed by atoms with Gasteiger partial charge in [-0.05, 0) is 12.8 Å². The number of carbonyl (C=O) groups excluding carboxylic acids is 1. The van der Waals surface area contributed by atoms with E-state index in [1.807, 2.05) is 0 Å². The summed E-state index contributed by atoms with van der Waals surface area (Å²) >= 11 is 0. The van der Waals surface area contributed by atoms with E-state index in [4.69, 9.17) is 4.74 Å². The highest BCUT2D eigenvalue weighted by molar-refractivity contribution is 5.73. The summed E-state index contributed by atoms with van der Waals surface area (Å²) in [5, 5.41) is 6.87. The van der Waals surface area contributed by atoms with Crippen molar-refractivity contribution in [3.63, 3.8) is 0 Å². The predicted octanol–water partition coefficient (Wildman–Crippen LogP) is 1.84. The first-order valence-corrected chi connectivity index (χ1v) is 7.88. The maximum absolute atomic E-state index is 12.2. The molecule has 0 aromatic carbocycles. The van der Waals surface area contributed by atoms with Crippen LogP contribution in [0.2, 0.25) is 0 Å². The zero-order chi connectivity index (χ0) is 13.7. The van der Waals surface area contributed by atoms with Gasteiger partial charge in [-0.25, -0.2) is 0 Å². The summed E-state index contributed by atoms with van der Waals surface area (Å²) in [5.74, 6) is 0.142. The van der Waals surface area contributed by atoms with Crippen molar-refractivity contribution in [1.82, 2.24) is 10.6 Å². The Morgan fingerprint density at radius 2 is 2.16 bits per heavy atom. The number of nitrogens with one attached hydrogen (secondary N) is 2. The number of unbranched alkanes of at least 4 members (excludes halogenated alkanes) is 1. The zero-order valence-corrected chi connectivity index (χ0v) is 12.3. The minimum absolute atomic E-state index is 0.0320. The standard InChI is InChI=1S/C15H28N2O2/c1-3-5-7-12(6-4-2)14(18)19-13-10-15(13)11-16-8-9-17-15/h12-13,16-17H,3-11H2,1-2H3. The van der Waals surface area contributed by atoms with Crippen molar-refractivity contribution in [1.29, 1.82) is 0 Å². The van der Waals surface area contributed by atoms with Gasteiger partial charge in [0.1, 0.15) is 6.10 Å². The fourth-order valence-electron chi connectivity index (χ4n) is 2.99. The van der Waals surface area contributed by atoms with Crippen molar-refractivity contribution >= 4 is 5.97 Å². The largest absolute Gasteiger partial charge is 0.460 e. The number of rotatable bonds is 7. The maximum Gasteiger partial charge on any atom is 0.309 e. The molecule has 110 valence electrons. The Bertz CT molecular complexity index is 301. The van der Waals surface area contributed by atoms with E-state index in [0.29, 0.717) is 0 Å². The third-order valence-electron chi connectivity index (χ3n) is 4.36. The first-order valence-electron chi connectivity index (χ1n) is 7.88. The number of piperazine rings is 1. The van der Waals surface area contributed by atoms with Crippen LogP contribution in [0.4, 0.5) is 0 Å². The molecule has 0 amide bonds. The van der Waals surface area contributed by atoms with Crippen molar-refractivity contribution in [2.75, 3.05) is 19.6 Å². The number of hydrogen-bond donors (Lipinski definition) is 2. The van der Waals surface area contributed by atoms with Gasteiger partial charge in [-0.15, -0.1) is 0 Å². The molecule has 1 aliphatic heterocycles. The van der Waals surface area contributed by atoms with Gasteiger partial charge in [0.15, 0.2) is 0 Å². The van der Waals surface area contributed by atoms with Crippen LogP contribution in [-0.2, 0) is 9.53 Å². The zero-order valence-electron chi connectivity index (χ0n) is 12.3. The second kappa shape index (κ2) is 6.71. The molecule has 4 nitrogen and oxygen atoms in total. The fourth-order valence-corrected chi connectivity index (χ4v) is 2.99. The third kappa shape index (κ3) is 3.69. The molecule has 0 bridgehead atoms. The van der Waals surface area contributed by atoms with Crippen LogP contribution in [0.15, 0.2) is 0 Å². The molecule has 2 aliphatic rings. The second-order valence-corrected chi connectivity index (χ2v) is 6.02. The Hall–Kier alpha value is -0.610. The van der Waals surface area contributed by atoms with E-state index in [9.17, 15) is 4.79 Å². The number of carbonyl (C=O) groups is 1. The Balaban J connectivity index is 1.79. The lowest BCUT2D eigenvalue weighted by Gasteiger charge is -2.25. The van der Waals surface area contributed by atoms with Crippen molar-refractivity contribution in [2.24, 2.45) is 5.92 Å². The van der Waals surface area contributed by atoms with E-state index >= 15 is 0 Å². The van der Waals surface area contributed by atoms with Crippen molar-refractivity contribution < 1.29 is 9.53 Å². The normalized spacial score (nSPS) is 31.2. The van der Waals surface area contributed by atoms with Crippen LogP contribution in [0.1, 0.15) is 52.4 Å². The molecular weight excluding hydrogens is 240 g/mol. The lowest BCUT2D eigenvalue weighted by atomic mass is 9.97. The number of esters is 1. The molecule has 19 heavy (non-hydrogen) atoms. The van der Waals surface area contributed by atoms with Gasteiger partial charge < -0.3 is 15.4 Å². The average Bonchev–Trinajstić information content (AvgIpc) is 3.06. The van der Waals surface area contributed by atoms with E-state index in [-0.39, 0.29) is 23.5 Å². The van der Waals surface area contributed by atoms with Crippen molar-refractivity contribution in [3.8, 4) is 0 Å². The van der Waals surface area contributed by atoms with Crippen LogP contribution >= 0.6 is 0 Å². The molecule has 3 unspecified atom stereocenters. The molecule has 3 atom stereocenters. The lowest BCUT2D eigenvalue weighted by Crippen LogP contribution is -2.52. The molecule has 1 heterocycles. The van der Waals surface area contributed by atoms with Gasteiger partial charge in [-0.2, -0.15) is 0 Å². The molecule has 2 fully saturated rings. The molecular formula is C15H28N2O2. The topological polar surface area (TPSA) is 50.4 Å². The minimum atomic E-state index is 0.0320. The van der Waals surface area contributed by atoms with Crippen LogP contribution in [0, 0.1) is 5.92 Å². The van der Waals surface area contributed by atoms with E-state index in [1.165, 1.54) is 0 Å². The van der Waals surface area contributed by atoms with Crippen molar-refractivity contribution in [3.05, 3.63) is 0 Å². The summed E-state index contributed by atoms with van der Waals surface area (Å²) in [6.45, 7) is 7.22. The Kier molecular flexibility index (Phi) is 5.22. The lowest BCUT2D eigenvalue weighted by molar-refractivity contribution is -0.151. The van der Waals surface area contributed by atoms with Gasteiger partial charge in [0, 0.05) is 26.1 Å². The summed E-state index contributed by atoms with van der Waals surface area (Å²) in [6.07, 6.45) is 6.33. The van der Waals surface area contributed by atoms with Gasteiger partial charge in [0.25, 0.3) is 0 Å². The summed E-state index contributed by atoms with van der Waals surface area (Å²) < 4.78 is 5.72. The van der Waals surface area contributed by atoms with Crippen LogP contribution < -0.4 is 10.6 Å². The van der Waals surface area contributed by atoms with Gasteiger partial charge in [-0.1, -0.05) is 33.1 Å². The summed E-state index contributed by atoms with van der Waals surface area (Å²) in [7, 11) is 0. The summed E-state index contributed by atoms with van der Waals surface area (Å²) in [5.41, 5.74) is 0.0510. The van der Waals surface area contributed by atoms with Crippen LogP contribution in [0.5, 0.6) is 0 Å². The third-order valence-corrected chi connectivity index (χ3v) is 4.36. The van der Waals surface area contributed by atoms with E-state index in [0.717, 1.165) is 58.2 Å². The Morgan fingerprint density at radius 3 is 2.79 bits per heavy atom. The van der Waals surface area contributed by atoms with Crippen LogP contribution in [0.3, 0.4) is 0 Å². The first kappa shape index (κ1) is 14.8. The van der Waals surface area contributed by atoms with Gasteiger partial charge >= 0.3 is 5.97 Å². The molecule has 2 rings (SSSR count). The highest BCUT2D eigenvalue weighted by atomic mass is 16.6. The Morgan fingerprint density at radius 1 is 1.32 bits per heavy atom. The molecule has 1 aliphatic carbocycles. The quantitative estimate of drug-likeness (QED) is 0.692. The van der Waals surface area contributed by atoms with Gasteiger partial charge in [-0.3, -0.25) is 4.79 Å². The molecule has 2 N–H and O–H groups in total. The highest BCUT2D eigenvalue weighted by Crippen LogP contribution is 2.40. The first-order chi connectivity index (χ1) is 9.22. The number of hydrogen-bond acceptors (Lipinski definition) is 4. The highest BCUT2D eigenvalue weighted by Gasteiger charge is 2.57. The molecule has 1 spiro atoms. The average molecular weight is 268 g/mol. The maximum atomic E-state index is 12.2. The van der Waals surface area contributed by atoms with E-state index in [2.05, 4.69) is 24.5 Å². The predicted molar refractivity (Wildman–Crippen MR) is 76.0 cm³/mol. The summed E-state index contributed by atoms with van der Waals surface area (Å²) in [4.78, 5) is 12.2. The van der Waals surface area contributed by atoms with Crippen LogP contribution in [-0.4, -0.2) is 37.2 Å². The second-order valence-electron chi connectivity index (χ2n) is 6.02. The summed E-state index contributed by atoms with van der Waals surface area (Å²) in [6, 6.07) is 0. The monoisotopic (exact) mass is 268 g/mol.